The molecule has 0 aliphatic heterocycles. The van der Waals surface area contributed by atoms with E-state index in [9.17, 15) is 14.7 Å². The maximum atomic E-state index is 11.8. The number of aliphatic hydroxyl groups excluding tert-OH is 1. The predicted molar refractivity (Wildman–Crippen MR) is 77.5 cm³/mol. The molecule has 1 aromatic rings. The van der Waals surface area contributed by atoms with Crippen LogP contribution in [0.1, 0.15) is 13.3 Å². The zero-order valence-corrected chi connectivity index (χ0v) is 12.0. The molecule has 1 aromatic carbocycles. The van der Waals surface area contributed by atoms with E-state index in [2.05, 4.69) is 10.6 Å². The Balaban J connectivity index is 2.55. The molecule has 4 N–H and O–H groups in total. The molecule has 1 atom stereocenters. The molecule has 7 heteroatoms. The van der Waals surface area contributed by atoms with Crippen LogP contribution in [0.2, 0.25) is 0 Å². The summed E-state index contributed by atoms with van der Waals surface area (Å²) in [7, 11) is 1.53. The number of anilines is 1. The quantitative estimate of drug-likeness (QED) is 0.606. The lowest BCUT2D eigenvalue weighted by molar-refractivity contribution is -0.140. The van der Waals surface area contributed by atoms with Crippen LogP contribution in [0, 0.1) is 5.41 Å². The van der Waals surface area contributed by atoms with Crippen molar-refractivity contribution in [3.05, 3.63) is 24.3 Å². The molecule has 7 nitrogen and oxygen atoms in total. The first kappa shape index (κ1) is 16.8. The van der Waals surface area contributed by atoms with E-state index in [1.165, 1.54) is 7.11 Å². The van der Waals surface area contributed by atoms with E-state index in [-0.39, 0.29) is 19.6 Å². The summed E-state index contributed by atoms with van der Waals surface area (Å²) in [5.74, 6) is -0.416. The van der Waals surface area contributed by atoms with Gasteiger partial charge in [0.05, 0.1) is 20.1 Å². The van der Waals surface area contributed by atoms with Gasteiger partial charge in [-0.25, -0.2) is 4.79 Å². The number of hydrogen-bond acceptors (Lipinski definition) is 4. The van der Waals surface area contributed by atoms with Crippen molar-refractivity contribution in [2.24, 2.45) is 5.41 Å². The average Bonchev–Trinajstić information content (AvgIpc) is 2.45. The highest BCUT2D eigenvalue weighted by atomic mass is 16.5. The van der Waals surface area contributed by atoms with Crippen molar-refractivity contribution in [3.63, 3.8) is 0 Å². The van der Waals surface area contributed by atoms with Crippen LogP contribution in [0.5, 0.6) is 5.75 Å². The van der Waals surface area contributed by atoms with Crippen LogP contribution in [0.4, 0.5) is 10.5 Å². The van der Waals surface area contributed by atoms with Crippen molar-refractivity contribution >= 4 is 17.7 Å². The fourth-order valence-corrected chi connectivity index (χ4v) is 1.71. The number of carboxylic acid groups (broad SMARTS) is 1. The summed E-state index contributed by atoms with van der Waals surface area (Å²) in [6, 6.07) is 6.36. The van der Waals surface area contributed by atoms with E-state index in [0.29, 0.717) is 11.4 Å². The van der Waals surface area contributed by atoms with Gasteiger partial charge in [-0.1, -0.05) is 13.0 Å². The number of carbonyl (C=O) groups excluding carboxylic acids is 1. The molecule has 2 amide bonds. The Kier molecular flexibility index (Phi) is 5.98. The number of hydrogen-bond donors (Lipinski definition) is 4. The van der Waals surface area contributed by atoms with E-state index in [1.54, 1.807) is 31.2 Å². The molecule has 0 bridgehead atoms. The summed E-state index contributed by atoms with van der Waals surface area (Å²) in [5.41, 5.74) is -0.354. The second-order valence-electron chi connectivity index (χ2n) is 5.08. The second kappa shape index (κ2) is 7.49. The molecule has 1 rings (SSSR count). The van der Waals surface area contributed by atoms with Crippen LogP contribution in [0.3, 0.4) is 0 Å². The van der Waals surface area contributed by atoms with Gasteiger partial charge in [-0.2, -0.15) is 0 Å². The van der Waals surface area contributed by atoms with Crippen molar-refractivity contribution in [3.8, 4) is 5.75 Å². The first-order valence-corrected chi connectivity index (χ1v) is 6.40. The third-order valence-corrected chi connectivity index (χ3v) is 2.96. The lowest BCUT2D eigenvalue weighted by atomic mass is 9.88. The van der Waals surface area contributed by atoms with Crippen LogP contribution >= 0.6 is 0 Å². The van der Waals surface area contributed by atoms with Crippen molar-refractivity contribution in [1.29, 1.82) is 0 Å². The summed E-state index contributed by atoms with van der Waals surface area (Å²) in [6.45, 7) is 1.30. The highest BCUT2D eigenvalue weighted by molar-refractivity contribution is 5.89. The Hall–Kier alpha value is -2.28. The largest absolute Gasteiger partial charge is 0.497 e. The van der Waals surface area contributed by atoms with Gasteiger partial charge in [0.25, 0.3) is 0 Å². The number of methoxy groups -OCH3 is 1. The molecule has 0 aromatic heterocycles. The average molecular weight is 296 g/mol. The fourth-order valence-electron chi connectivity index (χ4n) is 1.71. The number of carboxylic acids is 1. The van der Waals surface area contributed by atoms with E-state index in [0.717, 1.165) is 0 Å². The number of carbonyl (C=O) groups is 2. The number of aliphatic hydroxyl groups is 1. The van der Waals surface area contributed by atoms with Gasteiger partial charge in [0.15, 0.2) is 0 Å². The number of ether oxygens (including phenoxy) is 1. The van der Waals surface area contributed by atoms with E-state index >= 15 is 0 Å². The monoisotopic (exact) mass is 296 g/mol. The summed E-state index contributed by atoms with van der Waals surface area (Å²) in [5, 5.41) is 23.2. The van der Waals surface area contributed by atoms with Crippen LogP contribution in [0.25, 0.3) is 0 Å². The molecule has 1 unspecified atom stereocenters. The Labute approximate surface area is 122 Å². The smallest absolute Gasteiger partial charge is 0.319 e. The van der Waals surface area contributed by atoms with Gasteiger partial charge in [-0.3, -0.25) is 4.79 Å². The second-order valence-corrected chi connectivity index (χ2v) is 5.08. The molecule has 0 saturated heterocycles. The molecule has 0 aliphatic rings. The van der Waals surface area contributed by atoms with Crippen molar-refractivity contribution in [1.82, 2.24) is 5.32 Å². The molecule has 0 spiro atoms. The summed E-state index contributed by atoms with van der Waals surface area (Å²) in [4.78, 5) is 22.5. The highest BCUT2D eigenvalue weighted by Crippen LogP contribution is 2.20. The molecule has 0 aliphatic carbocycles. The summed E-state index contributed by atoms with van der Waals surface area (Å²) in [6.07, 6.45) is -0.233. The van der Waals surface area contributed by atoms with E-state index < -0.39 is 17.4 Å². The third kappa shape index (κ3) is 5.70. The van der Waals surface area contributed by atoms with Gasteiger partial charge in [-0.15, -0.1) is 0 Å². The van der Waals surface area contributed by atoms with Crippen LogP contribution in [0.15, 0.2) is 24.3 Å². The molecule has 116 valence electrons. The van der Waals surface area contributed by atoms with Gasteiger partial charge in [0, 0.05) is 23.7 Å². The normalized spacial score (nSPS) is 13.1. The standard InChI is InChI=1S/C14H20N2O5/c1-14(9-17,7-12(18)19)8-15-13(20)16-10-4-3-5-11(6-10)21-2/h3-6,17H,7-9H2,1-2H3,(H,18,19)(H2,15,16,20). The number of urea groups is 1. The zero-order chi connectivity index (χ0) is 15.9. The van der Waals surface area contributed by atoms with Gasteiger partial charge in [-0.05, 0) is 12.1 Å². The number of benzene rings is 1. The topological polar surface area (TPSA) is 108 Å². The first-order chi connectivity index (χ1) is 9.88. The zero-order valence-electron chi connectivity index (χ0n) is 12.0. The van der Waals surface area contributed by atoms with Gasteiger partial charge in [0.1, 0.15) is 5.75 Å². The molecule has 0 fully saturated rings. The number of aliphatic carboxylic acids is 1. The summed E-state index contributed by atoms with van der Waals surface area (Å²) < 4.78 is 5.04. The van der Waals surface area contributed by atoms with Crippen LogP contribution in [-0.2, 0) is 4.79 Å². The molecular formula is C14H20N2O5. The minimum Gasteiger partial charge on any atom is -0.497 e. The number of rotatable bonds is 7. The fraction of sp³-hybridized carbons (Fsp3) is 0.429. The Morgan fingerprint density at radius 2 is 2.10 bits per heavy atom. The van der Waals surface area contributed by atoms with Crippen molar-refractivity contribution < 1.29 is 24.5 Å². The van der Waals surface area contributed by atoms with Crippen LogP contribution < -0.4 is 15.4 Å². The van der Waals surface area contributed by atoms with E-state index in [1.807, 2.05) is 0 Å². The maximum Gasteiger partial charge on any atom is 0.319 e. The van der Waals surface area contributed by atoms with E-state index in [4.69, 9.17) is 9.84 Å². The first-order valence-electron chi connectivity index (χ1n) is 6.40. The molecule has 21 heavy (non-hydrogen) atoms. The number of nitrogens with one attached hydrogen (secondary N) is 2. The Morgan fingerprint density at radius 1 is 1.38 bits per heavy atom. The summed E-state index contributed by atoms with van der Waals surface area (Å²) >= 11 is 0. The van der Waals surface area contributed by atoms with Crippen molar-refractivity contribution in [2.45, 2.75) is 13.3 Å². The number of amides is 2. The van der Waals surface area contributed by atoms with Crippen molar-refractivity contribution in [2.75, 3.05) is 25.6 Å². The Morgan fingerprint density at radius 3 is 2.67 bits per heavy atom. The Bertz CT molecular complexity index is 506. The van der Waals surface area contributed by atoms with Gasteiger partial charge < -0.3 is 25.6 Å². The highest BCUT2D eigenvalue weighted by Gasteiger charge is 2.27. The SMILES string of the molecule is COc1cccc(NC(=O)NCC(C)(CO)CC(=O)O)c1. The lowest BCUT2D eigenvalue weighted by Gasteiger charge is -2.25. The third-order valence-electron chi connectivity index (χ3n) is 2.96. The molecule has 0 saturated carbocycles. The molecule has 0 radical (unpaired) electrons. The lowest BCUT2D eigenvalue weighted by Crippen LogP contribution is -2.41. The van der Waals surface area contributed by atoms with Crippen LogP contribution in [-0.4, -0.2) is 42.5 Å². The molecular weight excluding hydrogens is 276 g/mol. The minimum absolute atomic E-state index is 0.0472. The molecule has 0 heterocycles. The minimum atomic E-state index is -1.03. The van der Waals surface area contributed by atoms with Gasteiger partial charge in [0.2, 0.25) is 0 Å². The van der Waals surface area contributed by atoms with Gasteiger partial charge >= 0.3 is 12.0 Å². The predicted octanol–water partition coefficient (Wildman–Crippen LogP) is 1.29. The maximum absolute atomic E-state index is 11.8.